The van der Waals surface area contributed by atoms with Gasteiger partial charge in [-0.2, -0.15) is 0 Å². The van der Waals surface area contributed by atoms with Crippen LogP contribution in [0, 0.1) is 13.8 Å². The number of rotatable bonds is 0. The average Bonchev–Trinajstić information content (AvgIpc) is 2.41. The van der Waals surface area contributed by atoms with Gasteiger partial charge in [0.1, 0.15) is 0 Å². The van der Waals surface area contributed by atoms with E-state index in [9.17, 15) is 0 Å². The summed E-state index contributed by atoms with van der Waals surface area (Å²) in [6.07, 6.45) is 2.19. The molecule has 0 aromatic carbocycles. The summed E-state index contributed by atoms with van der Waals surface area (Å²) in [5.41, 5.74) is 4.17. The zero-order valence-electron chi connectivity index (χ0n) is 7.01. The van der Waals surface area contributed by atoms with Crippen LogP contribution in [-0.2, 0) is 7.05 Å². The van der Waals surface area contributed by atoms with Gasteiger partial charge in [-0.25, -0.2) is 0 Å². The normalized spacial score (nSPS) is 11.2. The largest absolute Gasteiger partial charge is 0.349 e. The van der Waals surface area contributed by atoms with Gasteiger partial charge < -0.3 is 4.57 Å². The lowest BCUT2D eigenvalue weighted by Crippen LogP contribution is -1.83. The van der Waals surface area contributed by atoms with Crippen LogP contribution < -0.4 is 0 Å². The van der Waals surface area contributed by atoms with Crippen LogP contribution in [0.15, 0.2) is 11.6 Å². The molecule has 2 heterocycles. The second kappa shape index (κ2) is 2.11. The number of thiophene rings is 1. The lowest BCUT2D eigenvalue weighted by atomic mass is 10.3. The third-order valence-corrected chi connectivity index (χ3v) is 3.26. The van der Waals surface area contributed by atoms with Crippen molar-refractivity contribution in [2.45, 2.75) is 13.8 Å². The lowest BCUT2D eigenvalue weighted by molar-refractivity contribution is 0.960. The van der Waals surface area contributed by atoms with Gasteiger partial charge in [0.05, 0.1) is 10.2 Å². The molecule has 0 unspecified atom stereocenters. The van der Waals surface area contributed by atoms with E-state index in [1.165, 1.54) is 21.3 Å². The molecule has 2 rings (SSSR count). The van der Waals surface area contributed by atoms with Gasteiger partial charge in [-0.15, -0.1) is 11.3 Å². The van der Waals surface area contributed by atoms with Gasteiger partial charge in [-0.1, -0.05) is 0 Å². The van der Waals surface area contributed by atoms with Crippen molar-refractivity contribution in [3.63, 3.8) is 0 Å². The molecule has 0 N–H and O–H groups in total. The first-order valence-electron chi connectivity index (χ1n) is 3.70. The highest BCUT2D eigenvalue weighted by Crippen LogP contribution is 2.28. The predicted molar refractivity (Wildman–Crippen MR) is 50.3 cm³/mol. The quantitative estimate of drug-likeness (QED) is 0.565. The Hall–Kier alpha value is -0.760. The predicted octanol–water partition coefficient (Wildman–Crippen LogP) is 2.86. The summed E-state index contributed by atoms with van der Waals surface area (Å²) in [7, 11) is 2.11. The molecule has 0 radical (unpaired) electrons. The van der Waals surface area contributed by atoms with E-state index in [0.29, 0.717) is 0 Å². The molecule has 2 aromatic heterocycles. The van der Waals surface area contributed by atoms with Crippen LogP contribution in [0.25, 0.3) is 10.2 Å². The Morgan fingerprint density at radius 2 is 2.00 bits per heavy atom. The molecule has 58 valence electrons. The molecule has 2 aromatic rings. The summed E-state index contributed by atoms with van der Waals surface area (Å²) in [6.45, 7) is 4.33. The molecule has 1 nitrogen and oxygen atoms in total. The number of fused-ring (bicyclic) bond motifs is 1. The first-order valence-corrected chi connectivity index (χ1v) is 4.58. The zero-order valence-corrected chi connectivity index (χ0v) is 7.83. The molecule has 0 fully saturated rings. The first kappa shape index (κ1) is 6.92. The lowest BCUT2D eigenvalue weighted by Gasteiger charge is -1.91. The third-order valence-electron chi connectivity index (χ3n) is 2.04. The van der Waals surface area contributed by atoms with E-state index >= 15 is 0 Å². The fraction of sp³-hybridized carbons (Fsp3) is 0.333. The molecule has 0 aliphatic carbocycles. The highest BCUT2D eigenvalue weighted by atomic mass is 32.1. The van der Waals surface area contributed by atoms with Crippen LogP contribution in [0.5, 0.6) is 0 Å². The fourth-order valence-corrected chi connectivity index (χ4v) is 2.63. The van der Waals surface area contributed by atoms with E-state index in [1.807, 2.05) is 11.3 Å². The molecule has 0 bridgehead atoms. The minimum Gasteiger partial charge on any atom is -0.349 e. The fourth-order valence-electron chi connectivity index (χ4n) is 1.57. The van der Waals surface area contributed by atoms with E-state index in [1.54, 1.807) is 0 Å². The Morgan fingerprint density at radius 1 is 1.27 bits per heavy atom. The van der Waals surface area contributed by atoms with Crippen LogP contribution in [-0.4, -0.2) is 4.57 Å². The van der Waals surface area contributed by atoms with Gasteiger partial charge in [-0.05, 0) is 30.4 Å². The maximum atomic E-state index is 2.22. The zero-order chi connectivity index (χ0) is 8.01. The number of aromatic nitrogens is 1. The monoisotopic (exact) mass is 165 g/mol. The minimum atomic E-state index is 1.39. The maximum Gasteiger partial charge on any atom is 0.0619 e. The van der Waals surface area contributed by atoms with E-state index < -0.39 is 0 Å². The van der Waals surface area contributed by atoms with Crippen molar-refractivity contribution >= 4 is 21.6 Å². The van der Waals surface area contributed by atoms with Crippen molar-refractivity contribution in [2.75, 3.05) is 0 Å². The molecule has 11 heavy (non-hydrogen) atoms. The van der Waals surface area contributed by atoms with Crippen LogP contribution in [0.1, 0.15) is 11.1 Å². The molecule has 0 saturated heterocycles. The van der Waals surface area contributed by atoms with Gasteiger partial charge in [0.15, 0.2) is 0 Å². The van der Waals surface area contributed by atoms with Crippen molar-refractivity contribution in [2.24, 2.45) is 7.05 Å². The smallest absolute Gasteiger partial charge is 0.0619 e. The molecule has 0 spiro atoms. The van der Waals surface area contributed by atoms with Gasteiger partial charge in [0.25, 0.3) is 0 Å². The van der Waals surface area contributed by atoms with Gasteiger partial charge in [0.2, 0.25) is 0 Å². The second-order valence-electron chi connectivity index (χ2n) is 3.02. The molecular formula is C9H11NS. The summed E-state index contributed by atoms with van der Waals surface area (Å²) in [6, 6.07) is 0. The summed E-state index contributed by atoms with van der Waals surface area (Å²) in [4.78, 5) is 0. The van der Waals surface area contributed by atoms with Gasteiger partial charge in [-0.3, -0.25) is 0 Å². The van der Waals surface area contributed by atoms with Crippen molar-refractivity contribution in [3.05, 3.63) is 22.7 Å². The SMILES string of the molecule is Cc1cn(C)c2c(C)csc12. The number of hydrogen-bond acceptors (Lipinski definition) is 1. The van der Waals surface area contributed by atoms with E-state index in [0.717, 1.165) is 0 Å². The molecular weight excluding hydrogens is 154 g/mol. The molecule has 0 aliphatic heterocycles. The Labute approximate surface area is 70.3 Å². The summed E-state index contributed by atoms with van der Waals surface area (Å²) in [5, 5.41) is 2.22. The van der Waals surface area contributed by atoms with Crippen molar-refractivity contribution in [1.29, 1.82) is 0 Å². The van der Waals surface area contributed by atoms with Crippen LogP contribution in [0.3, 0.4) is 0 Å². The highest BCUT2D eigenvalue weighted by molar-refractivity contribution is 7.17. The number of hydrogen-bond donors (Lipinski definition) is 0. The first-order chi connectivity index (χ1) is 5.20. The standard InChI is InChI=1S/C9H11NS/c1-6-4-10(3)8-7(2)5-11-9(6)8/h4-5H,1-3H3. The van der Waals surface area contributed by atoms with Crippen LogP contribution >= 0.6 is 11.3 Å². The average molecular weight is 165 g/mol. The van der Waals surface area contributed by atoms with Crippen molar-refractivity contribution in [3.8, 4) is 0 Å². The topological polar surface area (TPSA) is 4.93 Å². The van der Waals surface area contributed by atoms with Crippen LogP contribution in [0.2, 0.25) is 0 Å². The van der Waals surface area contributed by atoms with E-state index in [4.69, 9.17) is 0 Å². The molecule has 2 heteroatoms. The summed E-state index contributed by atoms with van der Waals surface area (Å²) >= 11 is 1.84. The highest BCUT2D eigenvalue weighted by Gasteiger charge is 2.06. The molecule has 0 atom stereocenters. The van der Waals surface area contributed by atoms with E-state index in [2.05, 4.69) is 37.0 Å². The number of aryl methyl sites for hydroxylation is 3. The second-order valence-corrected chi connectivity index (χ2v) is 3.90. The third kappa shape index (κ3) is 0.824. The molecule has 0 saturated carbocycles. The van der Waals surface area contributed by atoms with E-state index in [-0.39, 0.29) is 0 Å². The Morgan fingerprint density at radius 3 is 2.64 bits per heavy atom. The Kier molecular flexibility index (Phi) is 1.33. The Bertz CT molecular complexity index is 395. The maximum absolute atomic E-state index is 2.22. The van der Waals surface area contributed by atoms with Crippen molar-refractivity contribution < 1.29 is 0 Å². The van der Waals surface area contributed by atoms with Gasteiger partial charge in [0, 0.05) is 13.2 Å². The van der Waals surface area contributed by atoms with Crippen molar-refractivity contribution in [1.82, 2.24) is 4.57 Å². The van der Waals surface area contributed by atoms with Crippen LogP contribution in [0.4, 0.5) is 0 Å². The van der Waals surface area contributed by atoms with Gasteiger partial charge >= 0.3 is 0 Å². The molecule has 0 aliphatic rings. The minimum absolute atomic E-state index is 1.39. The Balaban J connectivity index is 2.98. The number of nitrogens with zero attached hydrogens (tertiary/aromatic N) is 1. The summed E-state index contributed by atoms with van der Waals surface area (Å²) in [5.74, 6) is 0. The summed E-state index contributed by atoms with van der Waals surface area (Å²) < 4.78 is 3.64. The molecule has 0 amide bonds.